The summed E-state index contributed by atoms with van der Waals surface area (Å²) in [5.41, 5.74) is 0.801. The molecule has 9 heteroatoms. The van der Waals surface area contributed by atoms with Crippen molar-refractivity contribution in [2.75, 3.05) is 26.7 Å². The van der Waals surface area contributed by atoms with Gasteiger partial charge in [0.25, 0.3) is 5.56 Å². The van der Waals surface area contributed by atoms with Crippen molar-refractivity contribution in [2.45, 2.75) is 13.0 Å². The Bertz CT molecular complexity index is 987. The molecule has 0 saturated carbocycles. The molecule has 8 nitrogen and oxygen atoms in total. The van der Waals surface area contributed by atoms with Gasteiger partial charge in [0.2, 0.25) is 11.7 Å². The van der Waals surface area contributed by atoms with Crippen LogP contribution >= 0.6 is 11.3 Å². The molecule has 1 fully saturated rings. The second kappa shape index (κ2) is 5.67. The van der Waals surface area contributed by atoms with Crippen LogP contribution in [0, 0.1) is 0 Å². The molecule has 1 aliphatic rings. The monoisotopic (exact) mass is 346 g/mol. The molecule has 0 atom stereocenters. The largest absolute Gasteiger partial charge is 0.344 e. The molecule has 1 aliphatic heterocycles. The normalized spacial score (nSPS) is 17.1. The van der Waals surface area contributed by atoms with Gasteiger partial charge in [0, 0.05) is 40.2 Å². The van der Waals surface area contributed by atoms with Gasteiger partial charge in [0.15, 0.2) is 5.82 Å². The SMILES string of the molecule is CN1CCN(Cc2nnc3n(C)c(=O)c4sccc4n23)CCC1=O. The summed E-state index contributed by atoms with van der Waals surface area (Å²) in [5, 5.41) is 10.4. The molecule has 0 unspecified atom stereocenters. The molecule has 3 aromatic rings. The number of hydrogen-bond acceptors (Lipinski definition) is 6. The zero-order valence-electron chi connectivity index (χ0n) is 13.6. The van der Waals surface area contributed by atoms with E-state index in [2.05, 4.69) is 15.1 Å². The minimum Gasteiger partial charge on any atom is -0.344 e. The maximum absolute atomic E-state index is 12.4. The van der Waals surface area contributed by atoms with Crippen LogP contribution in [0.3, 0.4) is 0 Å². The number of carbonyl (C=O) groups is 1. The van der Waals surface area contributed by atoms with E-state index in [1.165, 1.54) is 15.9 Å². The fraction of sp³-hybridized carbons (Fsp3) is 0.467. The third kappa shape index (κ3) is 2.31. The fourth-order valence-electron chi connectivity index (χ4n) is 3.09. The predicted octanol–water partition coefficient (Wildman–Crippen LogP) is 0.307. The lowest BCUT2D eigenvalue weighted by atomic mass is 10.3. The van der Waals surface area contributed by atoms with Crippen LogP contribution in [0.25, 0.3) is 16.0 Å². The molecule has 0 radical (unpaired) electrons. The highest BCUT2D eigenvalue weighted by Crippen LogP contribution is 2.20. The highest BCUT2D eigenvalue weighted by atomic mass is 32.1. The van der Waals surface area contributed by atoms with E-state index in [1.54, 1.807) is 11.9 Å². The first-order chi connectivity index (χ1) is 11.6. The van der Waals surface area contributed by atoms with E-state index in [-0.39, 0.29) is 11.5 Å². The lowest BCUT2D eigenvalue weighted by Crippen LogP contribution is -2.30. The van der Waals surface area contributed by atoms with Crippen molar-refractivity contribution in [1.82, 2.24) is 29.0 Å². The minimum atomic E-state index is -0.0477. The average molecular weight is 346 g/mol. The van der Waals surface area contributed by atoms with Gasteiger partial charge < -0.3 is 4.90 Å². The minimum absolute atomic E-state index is 0.0477. The maximum Gasteiger partial charge on any atom is 0.272 e. The summed E-state index contributed by atoms with van der Waals surface area (Å²) in [5.74, 6) is 1.51. The van der Waals surface area contributed by atoms with Crippen molar-refractivity contribution in [2.24, 2.45) is 7.05 Å². The summed E-state index contributed by atoms with van der Waals surface area (Å²) in [6.07, 6.45) is 0.513. The molecule has 1 amide bonds. The first kappa shape index (κ1) is 15.3. The first-order valence-corrected chi connectivity index (χ1v) is 8.71. The molecule has 126 valence electrons. The number of thiophene rings is 1. The molecule has 0 aliphatic carbocycles. The number of likely N-dealkylation sites (N-methyl/N-ethyl adjacent to an activating group) is 1. The van der Waals surface area contributed by atoms with Gasteiger partial charge in [-0.3, -0.25) is 23.5 Å². The third-order valence-corrected chi connectivity index (χ3v) is 5.47. The Morgan fingerprint density at radius 3 is 2.83 bits per heavy atom. The Morgan fingerprint density at radius 1 is 1.17 bits per heavy atom. The van der Waals surface area contributed by atoms with E-state index in [0.29, 0.717) is 36.5 Å². The van der Waals surface area contributed by atoms with Crippen molar-refractivity contribution in [1.29, 1.82) is 0 Å². The van der Waals surface area contributed by atoms with Crippen LogP contribution in [-0.4, -0.2) is 61.6 Å². The highest BCUT2D eigenvalue weighted by molar-refractivity contribution is 7.17. The number of nitrogens with zero attached hydrogens (tertiary/aromatic N) is 6. The van der Waals surface area contributed by atoms with Crippen LogP contribution in [0.1, 0.15) is 12.2 Å². The summed E-state index contributed by atoms with van der Waals surface area (Å²) in [4.78, 5) is 28.2. The quantitative estimate of drug-likeness (QED) is 0.667. The van der Waals surface area contributed by atoms with Crippen LogP contribution in [0.15, 0.2) is 16.2 Å². The number of amides is 1. The molecule has 3 aromatic heterocycles. The predicted molar refractivity (Wildman–Crippen MR) is 91.1 cm³/mol. The number of rotatable bonds is 2. The van der Waals surface area contributed by atoms with Gasteiger partial charge in [-0.1, -0.05) is 0 Å². The van der Waals surface area contributed by atoms with Crippen molar-refractivity contribution >= 4 is 33.2 Å². The molecule has 24 heavy (non-hydrogen) atoms. The fourth-order valence-corrected chi connectivity index (χ4v) is 3.94. The second-order valence-electron chi connectivity index (χ2n) is 6.09. The summed E-state index contributed by atoms with van der Waals surface area (Å²) in [6, 6.07) is 1.93. The Labute approximate surface area is 141 Å². The van der Waals surface area contributed by atoms with Crippen LogP contribution in [0.4, 0.5) is 0 Å². The Hall–Kier alpha value is -2.26. The Balaban J connectivity index is 1.75. The van der Waals surface area contributed by atoms with Crippen LogP contribution < -0.4 is 5.56 Å². The Morgan fingerprint density at radius 2 is 2.00 bits per heavy atom. The number of carbonyl (C=O) groups excluding carboxylic acids is 1. The number of aromatic nitrogens is 4. The standard InChI is InChI=1S/C15H18N6O2S/c1-18-6-7-20(5-3-12(18)22)9-11-16-17-15-19(2)14(23)13-10(21(11)15)4-8-24-13/h4,8H,3,5-7,9H2,1-2H3. The number of hydrogen-bond donors (Lipinski definition) is 0. The van der Waals surface area contributed by atoms with Crippen molar-refractivity contribution in [3.63, 3.8) is 0 Å². The van der Waals surface area contributed by atoms with Gasteiger partial charge in [-0.15, -0.1) is 21.5 Å². The van der Waals surface area contributed by atoms with Gasteiger partial charge in [0.05, 0.1) is 12.1 Å². The van der Waals surface area contributed by atoms with E-state index in [1.807, 2.05) is 22.9 Å². The zero-order valence-corrected chi connectivity index (χ0v) is 14.4. The smallest absolute Gasteiger partial charge is 0.272 e. The van der Waals surface area contributed by atoms with Crippen molar-refractivity contribution in [3.05, 3.63) is 27.6 Å². The van der Waals surface area contributed by atoms with Gasteiger partial charge in [-0.2, -0.15) is 0 Å². The summed E-state index contributed by atoms with van der Waals surface area (Å²) in [6.45, 7) is 2.82. The first-order valence-electron chi connectivity index (χ1n) is 7.83. The molecule has 0 aromatic carbocycles. The molecule has 1 saturated heterocycles. The van der Waals surface area contributed by atoms with Crippen LogP contribution in [0.5, 0.6) is 0 Å². The average Bonchev–Trinajstić information content (AvgIpc) is 3.17. The molecule has 0 N–H and O–H groups in total. The molecular formula is C15H18N6O2S. The number of aryl methyl sites for hydroxylation is 1. The molecule has 4 heterocycles. The topological polar surface area (TPSA) is 75.7 Å². The van der Waals surface area contributed by atoms with Gasteiger partial charge in [-0.25, -0.2) is 0 Å². The molecule has 0 bridgehead atoms. The molecule has 0 spiro atoms. The van der Waals surface area contributed by atoms with E-state index in [4.69, 9.17) is 0 Å². The van der Waals surface area contributed by atoms with Crippen molar-refractivity contribution in [3.8, 4) is 0 Å². The van der Waals surface area contributed by atoms with Crippen LogP contribution in [0.2, 0.25) is 0 Å². The van der Waals surface area contributed by atoms with Gasteiger partial charge in [-0.05, 0) is 11.4 Å². The molecular weight excluding hydrogens is 328 g/mol. The molecule has 4 rings (SSSR count). The van der Waals surface area contributed by atoms with E-state index in [9.17, 15) is 9.59 Å². The van der Waals surface area contributed by atoms with E-state index < -0.39 is 0 Å². The highest BCUT2D eigenvalue weighted by Gasteiger charge is 2.21. The van der Waals surface area contributed by atoms with Crippen LogP contribution in [-0.2, 0) is 18.4 Å². The summed E-state index contributed by atoms with van der Waals surface area (Å²) in [7, 11) is 3.55. The van der Waals surface area contributed by atoms with Gasteiger partial charge in [0.1, 0.15) is 4.70 Å². The van der Waals surface area contributed by atoms with Gasteiger partial charge >= 0.3 is 0 Å². The zero-order chi connectivity index (χ0) is 16.8. The number of fused-ring (bicyclic) bond motifs is 3. The Kier molecular flexibility index (Phi) is 3.61. The van der Waals surface area contributed by atoms with E-state index >= 15 is 0 Å². The maximum atomic E-state index is 12.4. The lowest BCUT2D eigenvalue weighted by molar-refractivity contribution is -0.129. The lowest BCUT2D eigenvalue weighted by Gasteiger charge is -2.18. The summed E-state index contributed by atoms with van der Waals surface area (Å²) < 4.78 is 4.19. The summed E-state index contributed by atoms with van der Waals surface area (Å²) >= 11 is 1.43. The third-order valence-electron chi connectivity index (χ3n) is 4.58. The second-order valence-corrected chi connectivity index (χ2v) is 7.01. The van der Waals surface area contributed by atoms with E-state index in [0.717, 1.165) is 17.9 Å². The van der Waals surface area contributed by atoms with Crippen molar-refractivity contribution < 1.29 is 4.79 Å².